The van der Waals surface area contributed by atoms with E-state index in [1.165, 1.54) is 0 Å². The normalized spacial score (nSPS) is 10.5. The fourth-order valence-corrected chi connectivity index (χ4v) is 2.21. The summed E-state index contributed by atoms with van der Waals surface area (Å²) in [6, 6.07) is 15.5. The van der Waals surface area contributed by atoms with E-state index in [9.17, 15) is 14.4 Å². The highest BCUT2D eigenvalue weighted by molar-refractivity contribution is 5.90. The molecule has 6 nitrogen and oxygen atoms in total. The van der Waals surface area contributed by atoms with Gasteiger partial charge in [0, 0.05) is 5.69 Å². The van der Waals surface area contributed by atoms with Crippen LogP contribution in [0.15, 0.2) is 64.2 Å². The Morgan fingerprint density at radius 1 is 1.00 bits per heavy atom. The van der Waals surface area contributed by atoms with E-state index in [0.29, 0.717) is 16.6 Å². The summed E-state index contributed by atoms with van der Waals surface area (Å²) in [5.41, 5.74) is -0.0237. The summed E-state index contributed by atoms with van der Waals surface area (Å²) < 4.78 is 0.889. The van der Waals surface area contributed by atoms with Crippen LogP contribution in [-0.2, 0) is 11.3 Å². The van der Waals surface area contributed by atoms with Crippen molar-refractivity contribution in [3.8, 4) is 0 Å². The van der Waals surface area contributed by atoms with Crippen LogP contribution in [0.5, 0.6) is 0 Å². The second-order valence-corrected chi connectivity index (χ2v) is 4.78. The number of carbonyl (C=O) groups is 1. The fraction of sp³-hybridized carbons (Fsp3) is 0.0625. The lowest BCUT2D eigenvalue weighted by molar-refractivity contribution is -0.116. The molecule has 2 aromatic carbocycles. The second-order valence-electron chi connectivity index (χ2n) is 4.78. The van der Waals surface area contributed by atoms with Gasteiger partial charge in [-0.3, -0.25) is 14.2 Å². The van der Waals surface area contributed by atoms with Gasteiger partial charge in [0.1, 0.15) is 6.54 Å². The predicted molar refractivity (Wildman–Crippen MR) is 83.9 cm³/mol. The molecule has 0 saturated carbocycles. The van der Waals surface area contributed by atoms with E-state index in [0.717, 1.165) is 4.57 Å². The van der Waals surface area contributed by atoms with Gasteiger partial charge in [-0.25, -0.2) is 4.79 Å². The summed E-state index contributed by atoms with van der Waals surface area (Å²) in [6.45, 7) is -0.339. The van der Waals surface area contributed by atoms with E-state index in [1.54, 1.807) is 48.5 Å². The quantitative estimate of drug-likeness (QED) is 0.764. The number of rotatable bonds is 3. The monoisotopic (exact) mass is 295 g/mol. The van der Waals surface area contributed by atoms with Gasteiger partial charge in [-0.1, -0.05) is 30.3 Å². The predicted octanol–water partition coefficient (Wildman–Crippen LogP) is 1.33. The molecule has 3 aromatic rings. The average molecular weight is 295 g/mol. The molecular weight excluding hydrogens is 282 g/mol. The van der Waals surface area contributed by atoms with Gasteiger partial charge < -0.3 is 10.3 Å². The topological polar surface area (TPSA) is 84.0 Å². The van der Waals surface area contributed by atoms with Crippen LogP contribution in [0.1, 0.15) is 0 Å². The van der Waals surface area contributed by atoms with Crippen molar-refractivity contribution in [2.45, 2.75) is 6.54 Å². The maximum atomic E-state index is 12.3. The van der Waals surface area contributed by atoms with Crippen molar-refractivity contribution < 1.29 is 4.79 Å². The minimum atomic E-state index is -0.605. The van der Waals surface area contributed by atoms with Crippen molar-refractivity contribution in [1.29, 1.82) is 0 Å². The first-order valence-corrected chi connectivity index (χ1v) is 6.72. The van der Waals surface area contributed by atoms with E-state index < -0.39 is 17.2 Å². The highest BCUT2D eigenvalue weighted by Crippen LogP contribution is 2.05. The fourth-order valence-electron chi connectivity index (χ4n) is 2.21. The average Bonchev–Trinajstić information content (AvgIpc) is 2.52. The van der Waals surface area contributed by atoms with E-state index in [1.807, 2.05) is 6.07 Å². The largest absolute Gasteiger partial charge is 0.329 e. The van der Waals surface area contributed by atoms with E-state index in [-0.39, 0.29) is 6.54 Å². The lowest BCUT2D eigenvalue weighted by atomic mass is 10.2. The first-order chi connectivity index (χ1) is 10.6. The lowest BCUT2D eigenvalue weighted by Gasteiger charge is -2.07. The minimum absolute atomic E-state index is 0.339. The van der Waals surface area contributed by atoms with Crippen LogP contribution >= 0.6 is 0 Å². The van der Waals surface area contributed by atoms with Crippen LogP contribution in [0.3, 0.4) is 0 Å². The number of nitrogens with zero attached hydrogens (tertiary/aromatic N) is 1. The van der Waals surface area contributed by atoms with Crippen LogP contribution in [0, 0.1) is 0 Å². The molecule has 0 atom stereocenters. The molecule has 0 saturated heterocycles. The molecule has 110 valence electrons. The van der Waals surface area contributed by atoms with Gasteiger partial charge in [-0.2, -0.15) is 0 Å². The first kappa shape index (κ1) is 13.8. The van der Waals surface area contributed by atoms with Gasteiger partial charge in [0.2, 0.25) is 5.91 Å². The molecule has 1 heterocycles. The SMILES string of the molecule is O=C(Cn1c(=O)[nH]c2ccccc2c1=O)Nc1ccccc1. The van der Waals surface area contributed by atoms with Crippen LogP contribution in [0.25, 0.3) is 10.9 Å². The lowest BCUT2D eigenvalue weighted by Crippen LogP contribution is -2.38. The molecule has 0 aliphatic heterocycles. The van der Waals surface area contributed by atoms with Crippen LogP contribution < -0.4 is 16.6 Å². The van der Waals surface area contributed by atoms with Crippen molar-refractivity contribution >= 4 is 22.5 Å². The van der Waals surface area contributed by atoms with Gasteiger partial charge in [0.15, 0.2) is 0 Å². The zero-order chi connectivity index (χ0) is 15.5. The Bertz CT molecular complexity index is 942. The number of anilines is 1. The van der Waals surface area contributed by atoms with Crippen LogP contribution in [0.4, 0.5) is 5.69 Å². The third kappa shape index (κ3) is 2.67. The number of hydrogen-bond acceptors (Lipinski definition) is 3. The molecule has 0 unspecified atom stereocenters. The Labute approximate surface area is 125 Å². The minimum Gasteiger partial charge on any atom is -0.325 e. The molecule has 0 bridgehead atoms. The third-order valence-corrected chi connectivity index (χ3v) is 3.25. The summed E-state index contributed by atoms with van der Waals surface area (Å²) in [5, 5.41) is 3.01. The smallest absolute Gasteiger partial charge is 0.325 e. The second kappa shape index (κ2) is 5.69. The third-order valence-electron chi connectivity index (χ3n) is 3.25. The molecule has 3 rings (SSSR count). The van der Waals surface area contributed by atoms with E-state index in [2.05, 4.69) is 10.3 Å². The Morgan fingerprint density at radius 2 is 1.68 bits per heavy atom. The molecule has 1 amide bonds. The zero-order valence-corrected chi connectivity index (χ0v) is 11.6. The standard InChI is InChI=1S/C16H13N3O3/c20-14(17-11-6-2-1-3-7-11)10-19-15(21)12-8-4-5-9-13(12)18-16(19)22/h1-9H,10H2,(H,17,20)(H,18,22). The number of benzene rings is 2. The summed E-state index contributed by atoms with van der Waals surface area (Å²) in [5.74, 6) is -0.436. The van der Waals surface area contributed by atoms with Crippen molar-refractivity contribution in [2.24, 2.45) is 0 Å². The number of nitrogens with one attached hydrogen (secondary N) is 2. The summed E-state index contributed by atoms with van der Waals surface area (Å²) in [4.78, 5) is 38.9. The molecule has 6 heteroatoms. The van der Waals surface area contributed by atoms with Crippen LogP contribution in [0.2, 0.25) is 0 Å². The number of amides is 1. The number of aromatic amines is 1. The maximum Gasteiger partial charge on any atom is 0.329 e. The highest BCUT2D eigenvalue weighted by atomic mass is 16.2. The molecule has 2 N–H and O–H groups in total. The molecule has 0 fully saturated rings. The van der Waals surface area contributed by atoms with Gasteiger partial charge in [0.25, 0.3) is 5.56 Å². The molecule has 0 aliphatic rings. The number of hydrogen-bond donors (Lipinski definition) is 2. The van der Waals surface area contributed by atoms with Crippen LogP contribution in [-0.4, -0.2) is 15.5 Å². The van der Waals surface area contributed by atoms with Crippen molar-refractivity contribution in [3.63, 3.8) is 0 Å². The Balaban J connectivity index is 1.92. The van der Waals surface area contributed by atoms with Gasteiger partial charge in [0.05, 0.1) is 10.9 Å². The molecular formula is C16H13N3O3. The Morgan fingerprint density at radius 3 is 2.45 bits per heavy atom. The summed E-state index contributed by atoms with van der Waals surface area (Å²) in [6.07, 6.45) is 0. The van der Waals surface area contributed by atoms with Gasteiger partial charge in [-0.05, 0) is 24.3 Å². The first-order valence-electron chi connectivity index (χ1n) is 6.72. The van der Waals surface area contributed by atoms with Crippen molar-refractivity contribution in [2.75, 3.05) is 5.32 Å². The Hall–Kier alpha value is -3.15. The summed E-state index contributed by atoms with van der Waals surface area (Å²) in [7, 11) is 0. The maximum absolute atomic E-state index is 12.3. The molecule has 22 heavy (non-hydrogen) atoms. The van der Waals surface area contributed by atoms with E-state index >= 15 is 0 Å². The van der Waals surface area contributed by atoms with Gasteiger partial charge in [-0.15, -0.1) is 0 Å². The molecule has 0 spiro atoms. The zero-order valence-electron chi connectivity index (χ0n) is 11.6. The number of carbonyl (C=O) groups excluding carboxylic acids is 1. The number of aromatic nitrogens is 2. The van der Waals surface area contributed by atoms with Crippen molar-refractivity contribution in [3.05, 3.63) is 75.4 Å². The molecule has 0 aliphatic carbocycles. The van der Waals surface area contributed by atoms with Gasteiger partial charge >= 0.3 is 5.69 Å². The number of fused-ring (bicyclic) bond motifs is 1. The van der Waals surface area contributed by atoms with E-state index in [4.69, 9.17) is 0 Å². The molecule has 1 aromatic heterocycles. The summed E-state index contributed by atoms with van der Waals surface area (Å²) >= 11 is 0. The number of H-pyrrole nitrogens is 1. The molecule has 0 radical (unpaired) electrons. The number of para-hydroxylation sites is 2. The van der Waals surface area contributed by atoms with Crippen molar-refractivity contribution in [1.82, 2.24) is 9.55 Å². The Kier molecular flexibility index (Phi) is 3.57. The highest BCUT2D eigenvalue weighted by Gasteiger charge is 2.11.